The van der Waals surface area contributed by atoms with E-state index in [2.05, 4.69) is 16.8 Å². The number of carboxylic acids is 1. The summed E-state index contributed by atoms with van der Waals surface area (Å²) in [4.78, 5) is 24.7. The normalized spacial score (nSPS) is 11.9. The van der Waals surface area contributed by atoms with Crippen molar-refractivity contribution in [2.24, 2.45) is 0 Å². The van der Waals surface area contributed by atoms with Gasteiger partial charge in [0.15, 0.2) is 0 Å². The van der Waals surface area contributed by atoms with Gasteiger partial charge < -0.3 is 15.0 Å². The standard InChI is InChI=1S/C33H28ClFN2O3/c1-19-21(3)37(18-22-8-10-23(11-9-22)27-6-4-5-7-28(27)33(39)40)31-15-12-24(16-29(19)31)32(38)36-20(2)26-14-13-25(35)17-30(26)34/h4-17,20H,18H2,1-3H3,(H,36,38)(H,39,40)/t20-/m1/s1. The number of nitrogens with one attached hydrogen (secondary N) is 1. The van der Waals surface area contributed by atoms with Gasteiger partial charge >= 0.3 is 5.97 Å². The maximum atomic E-state index is 13.4. The number of carbonyl (C=O) groups excluding carboxylic acids is 1. The summed E-state index contributed by atoms with van der Waals surface area (Å²) in [7, 11) is 0. The largest absolute Gasteiger partial charge is 0.478 e. The molecule has 1 aromatic heterocycles. The predicted octanol–water partition coefficient (Wildman–Crippen LogP) is 7.96. The van der Waals surface area contributed by atoms with Gasteiger partial charge in [-0.05, 0) is 85.0 Å². The van der Waals surface area contributed by atoms with Crippen LogP contribution in [0, 0.1) is 19.7 Å². The Morgan fingerprint density at radius 1 is 0.975 bits per heavy atom. The minimum atomic E-state index is -0.952. The van der Waals surface area contributed by atoms with Gasteiger partial charge in [-0.15, -0.1) is 0 Å². The number of hydrogen-bond donors (Lipinski definition) is 2. The SMILES string of the molecule is Cc1c(C)n(Cc2ccc(-c3ccccc3C(=O)O)cc2)c2ccc(C(=O)N[C@H](C)c3ccc(F)cc3Cl)cc12. The van der Waals surface area contributed by atoms with E-state index in [0.717, 1.165) is 33.3 Å². The fraction of sp³-hybridized carbons (Fsp3) is 0.152. The summed E-state index contributed by atoms with van der Waals surface area (Å²) in [5.74, 6) is -1.62. The van der Waals surface area contributed by atoms with Crippen molar-refractivity contribution in [3.8, 4) is 11.1 Å². The first-order valence-electron chi connectivity index (χ1n) is 12.9. The zero-order chi connectivity index (χ0) is 28.6. The van der Waals surface area contributed by atoms with Crippen molar-refractivity contribution in [1.82, 2.24) is 9.88 Å². The molecular weight excluding hydrogens is 527 g/mol. The number of benzene rings is 4. The van der Waals surface area contributed by atoms with Crippen LogP contribution < -0.4 is 5.32 Å². The molecule has 0 unspecified atom stereocenters. The third-order valence-electron chi connectivity index (χ3n) is 7.44. The van der Waals surface area contributed by atoms with Crippen LogP contribution in [0.4, 0.5) is 4.39 Å². The highest BCUT2D eigenvalue weighted by Gasteiger charge is 2.18. The molecule has 0 radical (unpaired) electrons. The zero-order valence-electron chi connectivity index (χ0n) is 22.3. The Morgan fingerprint density at radius 2 is 1.70 bits per heavy atom. The lowest BCUT2D eigenvalue weighted by molar-refractivity contribution is 0.0697. The van der Waals surface area contributed by atoms with Gasteiger partial charge in [-0.2, -0.15) is 0 Å². The van der Waals surface area contributed by atoms with E-state index in [4.69, 9.17) is 11.6 Å². The first-order valence-corrected chi connectivity index (χ1v) is 13.3. The molecule has 4 aromatic carbocycles. The molecule has 1 amide bonds. The van der Waals surface area contributed by atoms with E-state index in [1.54, 1.807) is 24.3 Å². The number of aromatic nitrogens is 1. The van der Waals surface area contributed by atoms with Crippen molar-refractivity contribution >= 4 is 34.4 Å². The van der Waals surface area contributed by atoms with Gasteiger partial charge in [-0.3, -0.25) is 4.79 Å². The second-order valence-corrected chi connectivity index (χ2v) is 10.3. The molecule has 0 saturated carbocycles. The maximum absolute atomic E-state index is 13.4. The Hall–Kier alpha value is -4.42. The van der Waals surface area contributed by atoms with E-state index in [9.17, 15) is 19.1 Å². The molecule has 0 bridgehead atoms. The molecule has 0 aliphatic heterocycles. The van der Waals surface area contributed by atoms with Gasteiger partial charge in [0.2, 0.25) is 0 Å². The molecule has 0 fully saturated rings. The molecule has 0 aliphatic carbocycles. The lowest BCUT2D eigenvalue weighted by atomic mass is 9.99. The molecule has 1 atom stereocenters. The molecule has 0 spiro atoms. The van der Waals surface area contributed by atoms with Crippen molar-refractivity contribution in [2.45, 2.75) is 33.4 Å². The van der Waals surface area contributed by atoms with Crippen LogP contribution >= 0.6 is 11.6 Å². The van der Waals surface area contributed by atoms with Crippen molar-refractivity contribution in [1.29, 1.82) is 0 Å². The number of amides is 1. The molecule has 5 aromatic rings. The van der Waals surface area contributed by atoms with Crippen LogP contribution in [0.3, 0.4) is 0 Å². The fourth-order valence-electron chi connectivity index (χ4n) is 5.10. The Kier molecular flexibility index (Phi) is 7.46. The number of hydrogen-bond acceptors (Lipinski definition) is 2. The molecule has 2 N–H and O–H groups in total. The van der Waals surface area contributed by atoms with Gasteiger partial charge in [0.25, 0.3) is 5.91 Å². The number of aryl methyl sites for hydroxylation is 1. The lowest BCUT2D eigenvalue weighted by Crippen LogP contribution is -2.26. The monoisotopic (exact) mass is 554 g/mol. The summed E-state index contributed by atoms with van der Waals surface area (Å²) in [6.45, 7) is 6.55. The quantitative estimate of drug-likeness (QED) is 0.214. The van der Waals surface area contributed by atoms with Gasteiger partial charge in [0.1, 0.15) is 5.82 Å². The Morgan fingerprint density at radius 3 is 2.40 bits per heavy atom. The molecule has 0 saturated heterocycles. The number of nitrogens with zero attached hydrogens (tertiary/aromatic N) is 1. The number of fused-ring (bicyclic) bond motifs is 1. The van der Waals surface area contributed by atoms with Crippen molar-refractivity contribution in [2.75, 3.05) is 0 Å². The topological polar surface area (TPSA) is 71.3 Å². The molecule has 1 heterocycles. The van der Waals surface area contributed by atoms with Crippen LogP contribution in [0.25, 0.3) is 22.0 Å². The van der Waals surface area contributed by atoms with Crippen LogP contribution in [-0.2, 0) is 6.54 Å². The van der Waals surface area contributed by atoms with E-state index in [0.29, 0.717) is 23.2 Å². The van der Waals surface area contributed by atoms with E-state index in [-0.39, 0.29) is 16.5 Å². The summed E-state index contributed by atoms with van der Waals surface area (Å²) in [5, 5.41) is 13.8. The number of halogens is 2. The average molecular weight is 555 g/mol. The van der Waals surface area contributed by atoms with Gasteiger partial charge in [0.05, 0.1) is 11.6 Å². The predicted molar refractivity (Wildman–Crippen MR) is 157 cm³/mol. The minimum absolute atomic E-state index is 0.239. The minimum Gasteiger partial charge on any atom is -0.478 e. The first-order chi connectivity index (χ1) is 19.1. The summed E-state index contributed by atoms with van der Waals surface area (Å²) in [6.07, 6.45) is 0. The highest BCUT2D eigenvalue weighted by atomic mass is 35.5. The third-order valence-corrected chi connectivity index (χ3v) is 7.77. The molecule has 5 rings (SSSR count). The number of aromatic carboxylic acids is 1. The summed E-state index contributed by atoms with van der Waals surface area (Å²) < 4.78 is 15.6. The van der Waals surface area contributed by atoms with Crippen LogP contribution in [-0.4, -0.2) is 21.6 Å². The molecule has 7 heteroatoms. The Bertz CT molecular complexity index is 1760. The first kappa shape index (κ1) is 27.2. The summed E-state index contributed by atoms with van der Waals surface area (Å²) in [6, 6.07) is 24.3. The van der Waals surface area contributed by atoms with Gasteiger partial charge in [0, 0.05) is 33.7 Å². The van der Waals surface area contributed by atoms with Crippen molar-refractivity contribution < 1.29 is 19.1 Å². The molecule has 5 nitrogen and oxygen atoms in total. The van der Waals surface area contributed by atoms with Crippen LogP contribution in [0.15, 0.2) is 84.9 Å². The average Bonchev–Trinajstić information content (AvgIpc) is 3.17. The molecule has 202 valence electrons. The lowest BCUT2D eigenvalue weighted by Gasteiger charge is -2.16. The number of carboxylic acid groups (broad SMARTS) is 1. The van der Waals surface area contributed by atoms with Crippen LogP contribution in [0.2, 0.25) is 5.02 Å². The van der Waals surface area contributed by atoms with Crippen molar-refractivity contribution in [3.05, 3.63) is 129 Å². The third kappa shape index (κ3) is 5.23. The second-order valence-electron chi connectivity index (χ2n) is 9.94. The number of carbonyl (C=O) groups is 2. The Balaban J connectivity index is 1.38. The summed E-state index contributed by atoms with van der Waals surface area (Å²) >= 11 is 6.18. The maximum Gasteiger partial charge on any atom is 0.336 e. The van der Waals surface area contributed by atoms with E-state index < -0.39 is 17.8 Å². The smallest absolute Gasteiger partial charge is 0.336 e. The van der Waals surface area contributed by atoms with Crippen molar-refractivity contribution in [3.63, 3.8) is 0 Å². The Labute approximate surface area is 236 Å². The highest BCUT2D eigenvalue weighted by Crippen LogP contribution is 2.29. The fourth-order valence-corrected chi connectivity index (χ4v) is 5.43. The van der Waals surface area contributed by atoms with Gasteiger partial charge in [-0.25, -0.2) is 9.18 Å². The summed E-state index contributed by atoms with van der Waals surface area (Å²) in [5.41, 5.74) is 7.25. The van der Waals surface area contributed by atoms with E-state index in [1.165, 1.54) is 12.1 Å². The highest BCUT2D eigenvalue weighted by molar-refractivity contribution is 6.31. The zero-order valence-corrected chi connectivity index (χ0v) is 23.1. The van der Waals surface area contributed by atoms with E-state index >= 15 is 0 Å². The van der Waals surface area contributed by atoms with Gasteiger partial charge in [-0.1, -0.05) is 60.1 Å². The van der Waals surface area contributed by atoms with E-state index in [1.807, 2.05) is 62.4 Å². The molecule has 0 aliphatic rings. The van der Waals surface area contributed by atoms with Crippen LogP contribution in [0.1, 0.15) is 56.1 Å². The van der Waals surface area contributed by atoms with Crippen LogP contribution in [0.5, 0.6) is 0 Å². The second kappa shape index (κ2) is 11.0. The molecular formula is C33H28ClFN2O3. The number of rotatable bonds is 7. The molecule has 40 heavy (non-hydrogen) atoms.